The Kier molecular flexibility index (Phi) is 3.84. The summed E-state index contributed by atoms with van der Waals surface area (Å²) < 4.78 is 7.00. The molecule has 0 aliphatic heterocycles. The van der Waals surface area contributed by atoms with Crippen LogP contribution in [0.4, 0.5) is 0 Å². The summed E-state index contributed by atoms with van der Waals surface area (Å²) in [6, 6.07) is 5.51. The highest BCUT2D eigenvalue weighted by atomic mass is 35.5. The van der Waals surface area contributed by atoms with Crippen molar-refractivity contribution in [1.29, 1.82) is 0 Å². The van der Waals surface area contributed by atoms with E-state index in [0.717, 1.165) is 11.0 Å². The first kappa shape index (κ1) is 12.9. The predicted octanol–water partition coefficient (Wildman–Crippen LogP) is 2.31. The van der Waals surface area contributed by atoms with E-state index in [1.54, 1.807) is 6.07 Å². The topological polar surface area (TPSA) is 64.3 Å². The Bertz CT molecular complexity index is 580. The Morgan fingerprint density at radius 1 is 1.56 bits per heavy atom. The first-order valence-electron chi connectivity index (χ1n) is 5.56. The number of rotatable bonds is 5. The minimum atomic E-state index is -0.993. The summed E-state index contributed by atoms with van der Waals surface area (Å²) in [6.07, 6.45) is 0. The van der Waals surface area contributed by atoms with Crippen LogP contribution < -0.4 is 0 Å². The SMILES string of the molecule is CCn1c(COCC(=O)O)nc2cccc(Cl)c21. The van der Waals surface area contributed by atoms with E-state index < -0.39 is 5.97 Å². The number of halogens is 1. The molecular weight excluding hydrogens is 256 g/mol. The number of aromatic nitrogens is 2. The van der Waals surface area contributed by atoms with Crippen LogP contribution in [0.2, 0.25) is 5.02 Å². The van der Waals surface area contributed by atoms with Gasteiger partial charge in [-0.15, -0.1) is 0 Å². The molecule has 0 saturated carbocycles. The normalized spacial score (nSPS) is 11.0. The standard InChI is InChI=1S/C12H13ClN2O3/c1-2-15-10(6-18-7-11(16)17)14-9-5-3-4-8(13)12(9)15/h3-5H,2,6-7H2,1H3,(H,16,17). The lowest BCUT2D eigenvalue weighted by atomic mass is 10.3. The number of hydrogen-bond donors (Lipinski definition) is 1. The number of carboxylic acid groups (broad SMARTS) is 1. The van der Waals surface area contributed by atoms with Crippen LogP contribution in [0, 0.1) is 0 Å². The highest BCUT2D eigenvalue weighted by molar-refractivity contribution is 6.35. The van der Waals surface area contributed by atoms with Gasteiger partial charge >= 0.3 is 5.97 Å². The number of aryl methyl sites for hydroxylation is 1. The van der Waals surface area contributed by atoms with E-state index >= 15 is 0 Å². The van der Waals surface area contributed by atoms with E-state index in [-0.39, 0.29) is 13.2 Å². The van der Waals surface area contributed by atoms with E-state index in [0.29, 0.717) is 17.4 Å². The maximum Gasteiger partial charge on any atom is 0.329 e. The van der Waals surface area contributed by atoms with Crippen LogP contribution in [0.15, 0.2) is 18.2 Å². The number of carbonyl (C=O) groups is 1. The van der Waals surface area contributed by atoms with Crippen molar-refractivity contribution >= 4 is 28.6 Å². The zero-order chi connectivity index (χ0) is 13.1. The van der Waals surface area contributed by atoms with Crippen LogP contribution in [0.1, 0.15) is 12.7 Å². The number of nitrogens with zero attached hydrogens (tertiary/aromatic N) is 2. The Balaban J connectivity index is 2.33. The van der Waals surface area contributed by atoms with Crippen molar-refractivity contribution in [1.82, 2.24) is 9.55 Å². The summed E-state index contributed by atoms with van der Waals surface area (Å²) in [5.74, 6) is -0.311. The van der Waals surface area contributed by atoms with Gasteiger partial charge in [-0.2, -0.15) is 0 Å². The van der Waals surface area contributed by atoms with Crippen molar-refractivity contribution in [3.05, 3.63) is 29.0 Å². The molecule has 6 heteroatoms. The molecule has 18 heavy (non-hydrogen) atoms. The molecule has 1 aromatic carbocycles. The summed E-state index contributed by atoms with van der Waals surface area (Å²) >= 11 is 6.14. The van der Waals surface area contributed by atoms with Gasteiger partial charge in [-0.3, -0.25) is 0 Å². The van der Waals surface area contributed by atoms with Crippen molar-refractivity contribution in [3.8, 4) is 0 Å². The van der Waals surface area contributed by atoms with E-state index in [9.17, 15) is 4.79 Å². The average Bonchev–Trinajstić information content (AvgIpc) is 2.67. The number of imidazole rings is 1. The fraction of sp³-hybridized carbons (Fsp3) is 0.333. The number of ether oxygens (including phenoxy) is 1. The highest BCUT2D eigenvalue weighted by Gasteiger charge is 2.12. The van der Waals surface area contributed by atoms with Gasteiger partial charge in [-0.1, -0.05) is 17.7 Å². The number of para-hydroxylation sites is 1. The molecular formula is C12H13ClN2O3. The summed E-state index contributed by atoms with van der Waals surface area (Å²) in [7, 11) is 0. The molecule has 0 aliphatic rings. The predicted molar refractivity (Wildman–Crippen MR) is 67.7 cm³/mol. The molecule has 5 nitrogen and oxygen atoms in total. The minimum Gasteiger partial charge on any atom is -0.480 e. The van der Waals surface area contributed by atoms with Gasteiger partial charge in [0.25, 0.3) is 0 Å². The smallest absolute Gasteiger partial charge is 0.329 e. The molecule has 0 radical (unpaired) electrons. The van der Waals surface area contributed by atoms with E-state index in [1.165, 1.54) is 0 Å². The van der Waals surface area contributed by atoms with Crippen molar-refractivity contribution in [2.75, 3.05) is 6.61 Å². The van der Waals surface area contributed by atoms with Crippen molar-refractivity contribution in [3.63, 3.8) is 0 Å². The Morgan fingerprint density at radius 3 is 3.00 bits per heavy atom. The monoisotopic (exact) mass is 268 g/mol. The Hall–Kier alpha value is -1.59. The molecule has 0 unspecified atom stereocenters. The highest BCUT2D eigenvalue weighted by Crippen LogP contribution is 2.24. The van der Waals surface area contributed by atoms with Gasteiger partial charge in [0.2, 0.25) is 0 Å². The average molecular weight is 269 g/mol. The quantitative estimate of drug-likeness (QED) is 0.904. The Labute approximate surface area is 109 Å². The number of fused-ring (bicyclic) bond motifs is 1. The second-order valence-corrected chi connectivity index (χ2v) is 4.17. The number of hydrogen-bond acceptors (Lipinski definition) is 3. The summed E-state index contributed by atoms with van der Waals surface area (Å²) in [4.78, 5) is 14.8. The molecule has 2 rings (SSSR count). The van der Waals surface area contributed by atoms with Crippen LogP contribution in [0.25, 0.3) is 11.0 Å². The summed E-state index contributed by atoms with van der Waals surface area (Å²) in [5, 5.41) is 9.16. The van der Waals surface area contributed by atoms with Gasteiger partial charge in [-0.05, 0) is 19.1 Å². The molecule has 2 aromatic rings. The number of benzene rings is 1. The molecule has 0 saturated heterocycles. The van der Waals surface area contributed by atoms with Gasteiger partial charge in [0.1, 0.15) is 19.0 Å². The Morgan fingerprint density at radius 2 is 2.33 bits per heavy atom. The molecule has 0 spiro atoms. The van der Waals surface area contributed by atoms with Crippen molar-refractivity contribution in [2.45, 2.75) is 20.1 Å². The first-order valence-corrected chi connectivity index (χ1v) is 5.94. The lowest BCUT2D eigenvalue weighted by Gasteiger charge is -2.06. The maximum atomic E-state index is 10.4. The van der Waals surface area contributed by atoms with E-state index in [4.69, 9.17) is 21.4 Å². The summed E-state index contributed by atoms with van der Waals surface area (Å²) in [6.45, 7) is 2.50. The number of aliphatic carboxylic acids is 1. The van der Waals surface area contributed by atoms with E-state index in [2.05, 4.69) is 4.98 Å². The molecule has 1 aromatic heterocycles. The van der Waals surface area contributed by atoms with Crippen molar-refractivity contribution in [2.24, 2.45) is 0 Å². The molecule has 96 valence electrons. The van der Waals surface area contributed by atoms with Gasteiger partial charge < -0.3 is 14.4 Å². The molecule has 0 aliphatic carbocycles. The largest absolute Gasteiger partial charge is 0.480 e. The van der Waals surface area contributed by atoms with Crippen LogP contribution >= 0.6 is 11.6 Å². The van der Waals surface area contributed by atoms with Crippen LogP contribution in [0.5, 0.6) is 0 Å². The van der Waals surface area contributed by atoms with E-state index in [1.807, 2.05) is 23.6 Å². The van der Waals surface area contributed by atoms with Gasteiger partial charge in [0.05, 0.1) is 16.1 Å². The third kappa shape index (κ3) is 2.47. The minimum absolute atomic E-state index is 0.158. The second kappa shape index (κ2) is 5.37. The molecule has 1 N–H and O–H groups in total. The maximum absolute atomic E-state index is 10.4. The zero-order valence-corrected chi connectivity index (χ0v) is 10.6. The van der Waals surface area contributed by atoms with Crippen LogP contribution in [-0.4, -0.2) is 27.2 Å². The van der Waals surface area contributed by atoms with Gasteiger partial charge in [0, 0.05) is 6.54 Å². The van der Waals surface area contributed by atoms with Gasteiger partial charge in [0.15, 0.2) is 0 Å². The third-order valence-corrected chi connectivity index (χ3v) is 2.87. The molecule has 0 atom stereocenters. The van der Waals surface area contributed by atoms with Crippen LogP contribution in [0.3, 0.4) is 0 Å². The lowest BCUT2D eigenvalue weighted by Crippen LogP contribution is -2.10. The molecule has 0 bridgehead atoms. The zero-order valence-electron chi connectivity index (χ0n) is 9.89. The lowest BCUT2D eigenvalue weighted by molar-refractivity contribution is -0.142. The molecule has 0 amide bonds. The second-order valence-electron chi connectivity index (χ2n) is 3.77. The fourth-order valence-electron chi connectivity index (χ4n) is 1.87. The molecule has 1 heterocycles. The number of carboxylic acids is 1. The van der Waals surface area contributed by atoms with Crippen molar-refractivity contribution < 1.29 is 14.6 Å². The fourth-order valence-corrected chi connectivity index (χ4v) is 2.14. The summed E-state index contributed by atoms with van der Waals surface area (Å²) in [5.41, 5.74) is 1.65. The van der Waals surface area contributed by atoms with Crippen LogP contribution in [-0.2, 0) is 22.7 Å². The van der Waals surface area contributed by atoms with Gasteiger partial charge in [-0.25, -0.2) is 9.78 Å². The third-order valence-electron chi connectivity index (χ3n) is 2.57. The molecule has 0 fully saturated rings. The first-order chi connectivity index (χ1) is 8.63.